The highest BCUT2D eigenvalue weighted by Crippen LogP contribution is 2.35. The minimum Gasteiger partial charge on any atom is -0.342 e. The molecule has 4 aromatic carbocycles. The second-order valence-electron chi connectivity index (χ2n) is 8.88. The minimum absolute atomic E-state index is 0.209. The number of halogens is 2. The van der Waals surface area contributed by atoms with Crippen LogP contribution in [0.25, 0.3) is 27.8 Å². The summed E-state index contributed by atoms with van der Waals surface area (Å²) in [5.41, 5.74) is 2.94. The third-order valence-corrected chi connectivity index (χ3v) is 7.79. The Hall–Kier alpha value is -3.87. The van der Waals surface area contributed by atoms with Gasteiger partial charge in [0.05, 0.1) is 18.0 Å². The Balaban J connectivity index is 1.31. The molecule has 5 aromatic rings. The molecule has 2 heterocycles. The van der Waals surface area contributed by atoms with Crippen LogP contribution in [0.1, 0.15) is 16.7 Å². The van der Waals surface area contributed by atoms with Crippen LogP contribution in [0.4, 0.5) is 9.18 Å². The summed E-state index contributed by atoms with van der Waals surface area (Å²) >= 11 is 7.20. The zero-order valence-electron chi connectivity index (χ0n) is 19.5. The highest BCUT2D eigenvalue weighted by molar-refractivity contribution is 8.18. The third kappa shape index (κ3) is 4.43. The second-order valence-corrected chi connectivity index (χ2v) is 10.3. The molecule has 1 fully saturated rings. The van der Waals surface area contributed by atoms with Crippen molar-refractivity contribution in [2.45, 2.75) is 13.1 Å². The van der Waals surface area contributed by atoms with Crippen molar-refractivity contribution in [1.29, 1.82) is 0 Å². The van der Waals surface area contributed by atoms with Gasteiger partial charge in [0, 0.05) is 33.2 Å². The van der Waals surface area contributed by atoms with Crippen LogP contribution in [0.3, 0.4) is 0 Å². The lowest BCUT2D eigenvalue weighted by Gasteiger charge is -2.13. The standard InChI is InChI=1S/C30H20ClFN2O2S/c31-25-9-5-10-26(32)24(25)18-33-17-22(23-8-3-4-11-27(23)33)15-28-29(35)34(30(36)37-28)16-19-12-13-20-6-1-2-7-21(20)14-19/h1-15,17H,16,18H2/b28-15-. The van der Waals surface area contributed by atoms with E-state index in [4.69, 9.17) is 11.6 Å². The molecule has 0 saturated carbocycles. The topological polar surface area (TPSA) is 42.3 Å². The average Bonchev–Trinajstić information content (AvgIpc) is 3.38. The van der Waals surface area contributed by atoms with E-state index in [2.05, 4.69) is 0 Å². The molecule has 6 rings (SSSR count). The van der Waals surface area contributed by atoms with E-state index in [1.165, 1.54) is 11.0 Å². The highest BCUT2D eigenvalue weighted by Gasteiger charge is 2.35. The van der Waals surface area contributed by atoms with Crippen LogP contribution in [-0.2, 0) is 17.9 Å². The van der Waals surface area contributed by atoms with Crippen LogP contribution < -0.4 is 0 Å². The molecule has 2 amide bonds. The monoisotopic (exact) mass is 526 g/mol. The number of benzene rings is 4. The number of para-hydroxylation sites is 1. The Morgan fingerprint density at radius 1 is 0.865 bits per heavy atom. The summed E-state index contributed by atoms with van der Waals surface area (Å²) in [5, 5.41) is 3.12. The summed E-state index contributed by atoms with van der Waals surface area (Å²) in [6.45, 7) is 0.448. The first kappa shape index (κ1) is 23.5. The average molecular weight is 527 g/mol. The van der Waals surface area contributed by atoms with Gasteiger partial charge in [-0.1, -0.05) is 72.3 Å². The number of aromatic nitrogens is 1. The lowest BCUT2D eigenvalue weighted by Crippen LogP contribution is -2.27. The van der Waals surface area contributed by atoms with E-state index in [-0.39, 0.29) is 30.1 Å². The Morgan fingerprint density at radius 2 is 1.65 bits per heavy atom. The number of imide groups is 1. The van der Waals surface area contributed by atoms with Crippen molar-refractivity contribution in [1.82, 2.24) is 9.47 Å². The van der Waals surface area contributed by atoms with Gasteiger partial charge in [0.25, 0.3) is 11.1 Å². The van der Waals surface area contributed by atoms with Crippen LogP contribution in [0.5, 0.6) is 0 Å². The number of hydrogen-bond acceptors (Lipinski definition) is 3. The molecule has 4 nitrogen and oxygen atoms in total. The third-order valence-electron chi connectivity index (χ3n) is 6.52. The molecule has 0 atom stereocenters. The molecule has 0 radical (unpaired) electrons. The van der Waals surface area contributed by atoms with Crippen molar-refractivity contribution >= 4 is 62.3 Å². The summed E-state index contributed by atoms with van der Waals surface area (Å²) < 4.78 is 16.4. The first-order valence-electron chi connectivity index (χ1n) is 11.7. The molecule has 0 bridgehead atoms. The largest absolute Gasteiger partial charge is 0.342 e. The van der Waals surface area contributed by atoms with Gasteiger partial charge in [-0.2, -0.15) is 0 Å². The lowest BCUT2D eigenvalue weighted by molar-refractivity contribution is -0.123. The Kier molecular flexibility index (Phi) is 6.07. The molecule has 0 N–H and O–H groups in total. The van der Waals surface area contributed by atoms with Crippen molar-refractivity contribution in [3.05, 3.63) is 124 Å². The van der Waals surface area contributed by atoms with E-state index in [1.807, 2.05) is 77.5 Å². The minimum atomic E-state index is -0.373. The van der Waals surface area contributed by atoms with E-state index in [9.17, 15) is 14.0 Å². The number of carbonyl (C=O) groups excluding carboxylic acids is 2. The fourth-order valence-electron chi connectivity index (χ4n) is 4.67. The number of nitrogens with zero attached hydrogens (tertiary/aromatic N) is 2. The number of hydrogen-bond donors (Lipinski definition) is 0. The molecule has 0 aliphatic carbocycles. The quantitative estimate of drug-likeness (QED) is 0.219. The van der Waals surface area contributed by atoms with Crippen molar-refractivity contribution < 1.29 is 14.0 Å². The molecular formula is C30H20ClFN2O2S. The molecule has 1 saturated heterocycles. The van der Waals surface area contributed by atoms with Gasteiger partial charge in [-0.3, -0.25) is 14.5 Å². The number of thioether (sulfide) groups is 1. The summed E-state index contributed by atoms with van der Waals surface area (Å²) in [4.78, 5) is 27.7. The number of amides is 2. The predicted octanol–water partition coefficient (Wildman–Crippen LogP) is 7.87. The van der Waals surface area contributed by atoms with Gasteiger partial charge >= 0.3 is 0 Å². The second kappa shape index (κ2) is 9.54. The SMILES string of the molecule is O=C1S/C(=C\c2cn(Cc3c(F)cccc3Cl)c3ccccc23)C(=O)N1Cc1ccc2ccccc2c1. The molecule has 1 aliphatic rings. The fourth-order valence-corrected chi connectivity index (χ4v) is 5.72. The fraction of sp³-hybridized carbons (Fsp3) is 0.0667. The van der Waals surface area contributed by atoms with E-state index in [1.54, 1.807) is 18.2 Å². The van der Waals surface area contributed by atoms with Crippen molar-refractivity contribution in [3.8, 4) is 0 Å². The van der Waals surface area contributed by atoms with Crippen LogP contribution in [0.15, 0.2) is 96.0 Å². The first-order chi connectivity index (χ1) is 18.0. The van der Waals surface area contributed by atoms with Crippen LogP contribution in [0.2, 0.25) is 5.02 Å². The molecule has 1 aliphatic heterocycles. The van der Waals surface area contributed by atoms with Gasteiger partial charge in [-0.05, 0) is 58.4 Å². The molecular weight excluding hydrogens is 507 g/mol. The van der Waals surface area contributed by atoms with E-state index in [0.717, 1.165) is 44.6 Å². The van der Waals surface area contributed by atoms with Gasteiger partial charge in [-0.25, -0.2) is 4.39 Å². The zero-order valence-corrected chi connectivity index (χ0v) is 21.1. The van der Waals surface area contributed by atoms with Crippen LogP contribution in [0, 0.1) is 5.82 Å². The van der Waals surface area contributed by atoms with Gasteiger partial charge in [0.15, 0.2) is 0 Å². The summed E-state index contributed by atoms with van der Waals surface area (Å²) in [7, 11) is 0. The molecule has 37 heavy (non-hydrogen) atoms. The van der Waals surface area contributed by atoms with Crippen molar-refractivity contribution in [2.75, 3.05) is 0 Å². The van der Waals surface area contributed by atoms with Crippen molar-refractivity contribution in [2.24, 2.45) is 0 Å². The number of carbonyl (C=O) groups is 2. The van der Waals surface area contributed by atoms with E-state index in [0.29, 0.717) is 15.5 Å². The first-order valence-corrected chi connectivity index (χ1v) is 12.9. The van der Waals surface area contributed by atoms with Crippen molar-refractivity contribution in [3.63, 3.8) is 0 Å². The van der Waals surface area contributed by atoms with Crippen LogP contribution in [-0.4, -0.2) is 20.6 Å². The van der Waals surface area contributed by atoms with Gasteiger partial charge in [-0.15, -0.1) is 0 Å². The molecule has 182 valence electrons. The number of rotatable bonds is 5. The molecule has 1 aromatic heterocycles. The van der Waals surface area contributed by atoms with Crippen LogP contribution >= 0.6 is 23.4 Å². The predicted molar refractivity (Wildman–Crippen MR) is 148 cm³/mol. The summed E-state index contributed by atoms with van der Waals surface area (Å²) in [5.74, 6) is -0.696. The van der Waals surface area contributed by atoms with E-state index >= 15 is 0 Å². The molecule has 0 spiro atoms. The normalized spacial score (nSPS) is 15.0. The highest BCUT2D eigenvalue weighted by atomic mass is 35.5. The Morgan fingerprint density at radius 3 is 2.49 bits per heavy atom. The van der Waals surface area contributed by atoms with E-state index < -0.39 is 0 Å². The lowest BCUT2D eigenvalue weighted by atomic mass is 10.1. The molecule has 0 unspecified atom stereocenters. The maximum atomic E-state index is 14.5. The van der Waals surface area contributed by atoms with Gasteiger partial charge < -0.3 is 4.57 Å². The molecule has 7 heteroatoms. The van der Waals surface area contributed by atoms with Gasteiger partial charge in [0.2, 0.25) is 0 Å². The Bertz CT molecular complexity index is 1720. The zero-order chi connectivity index (χ0) is 25.5. The Labute approximate surface area is 221 Å². The summed E-state index contributed by atoms with van der Waals surface area (Å²) in [6.07, 6.45) is 3.61. The maximum absolute atomic E-state index is 14.5. The number of fused-ring (bicyclic) bond motifs is 2. The smallest absolute Gasteiger partial charge is 0.293 e. The van der Waals surface area contributed by atoms with Gasteiger partial charge in [0.1, 0.15) is 5.82 Å². The maximum Gasteiger partial charge on any atom is 0.293 e. The summed E-state index contributed by atoms with van der Waals surface area (Å²) in [6, 6.07) is 26.2.